The fourth-order valence-corrected chi connectivity index (χ4v) is 2.62. The highest BCUT2D eigenvalue weighted by molar-refractivity contribution is 5.50. The van der Waals surface area contributed by atoms with E-state index in [0.717, 1.165) is 22.4 Å². The van der Waals surface area contributed by atoms with Crippen LogP contribution in [-0.4, -0.2) is 14.1 Å². The molecule has 0 fully saturated rings. The number of anilines is 1. The highest BCUT2D eigenvalue weighted by Crippen LogP contribution is 2.29. The predicted octanol–water partition coefficient (Wildman–Crippen LogP) is 3.06. The van der Waals surface area contributed by atoms with Crippen LogP contribution in [0.1, 0.15) is 28.3 Å². The molecule has 0 heterocycles. The molecule has 0 aromatic heterocycles. The first-order valence-corrected chi connectivity index (χ1v) is 6.94. The van der Waals surface area contributed by atoms with Crippen LogP contribution in [0.5, 0.6) is 0 Å². The summed E-state index contributed by atoms with van der Waals surface area (Å²) in [6.45, 7) is 3.79. The molecule has 0 aliphatic rings. The Morgan fingerprint density at radius 3 is 2.43 bits per heavy atom. The zero-order valence-corrected chi connectivity index (χ0v) is 12.9. The van der Waals surface area contributed by atoms with Gasteiger partial charge in [0.1, 0.15) is 5.82 Å². The predicted molar refractivity (Wildman–Crippen MR) is 85.8 cm³/mol. The second-order valence-corrected chi connectivity index (χ2v) is 5.57. The summed E-state index contributed by atoms with van der Waals surface area (Å²) in [5, 5.41) is 0. The van der Waals surface area contributed by atoms with Crippen molar-refractivity contribution in [2.45, 2.75) is 19.9 Å². The molecule has 0 aliphatic carbocycles. The summed E-state index contributed by atoms with van der Waals surface area (Å²) in [7, 11) is 3.95. The molecule has 112 valence electrons. The third-order valence-corrected chi connectivity index (χ3v) is 3.66. The number of halogens is 1. The Morgan fingerprint density at radius 2 is 1.86 bits per heavy atom. The van der Waals surface area contributed by atoms with Gasteiger partial charge in [-0.1, -0.05) is 18.2 Å². The molecule has 0 saturated carbocycles. The summed E-state index contributed by atoms with van der Waals surface area (Å²) in [4.78, 5) is 2.01. The average Bonchev–Trinajstić information content (AvgIpc) is 2.42. The van der Waals surface area contributed by atoms with Gasteiger partial charge in [-0.05, 0) is 48.7 Å². The molecule has 1 atom stereocenters. The first-order valence-electron chi connectivity index (χ1n) is 6.94. The fourth-order valence-electron chi connectivity index (χ4n) is 2.62. The van der Waals surface area contributed by atoms with Gasteiger partial charge < -0.3 is 4.90 Å². The molecule has 2 rings (SSSR count). The van der Waals surface area contributed by atoms with E-state index in [1.165, 1.54) is 0 Å². The van der Waals surface area contributed by atoms with Crippen molar-refractivity contribution in [1.82, 2.24) is 5.43 Å². The van der Waals surface area contributed by atoms with Gasteiger partial charge in [0.2, 0.25) is 0 Å². The molecule has 0 amide bonds. The zero-order valence-electron chi connectivity index (χ0n) is 12.9. The van der Waals surface area contributed by atoms with E-state index >= 15 is 0 Å². The smallest absolute Gasteiger partial charge is 0.128 e. The van der Waals surface area contributed by atoms with E-state index in [9.17, 15) is 4.39 Å². The Kier molecular flexibility index (Phi) is 4.60. The summed E-state index contributed by atoms with van der Waals surface area (Å²) in [6.07, 6.45) is 0. The second-order valence-electron chi connectivity index (χ2n) is 5.57. The van der Waals surface area contributed by atoms with Crippen molar-refractivity contribution >= 4 is 5.69 Å². The zero-order chi connectivity index (χ0) is 15.6. The van der Waals surface area contributed by atoms with Crippen molar-refractivity contribution in [3.63, 3.8) is 0 Å². The van der Waals surface area contributed by atoms with E-state index < -0.39 is 0 Å². The van der Waals surface area contributed by atoms with Crippen molar-refractivity contribution in [2.75, 3.05) is 19.0 Å². The summed E-state index contributed by atoms with van der Waals surface area (Å²) in [5.74, 6) is 5.48. The molecule has 21 heavy (non-hydrogen) atoms. The number of nitrogens with one attached hydrogen (secondary N) is 1. The summed E-state index contributed by atoms with van der Waals surface area (Å²) in [5.41, 5.74) is 7.14. The monoisotopic (exact) mass is 287 g/mol. The molecule has 3 N–H and O–H groups in total. The van der Waals surface area contributed by atoms with Crippen molar-refractivity contribution < 1.29 is 4.39 Å². The number of hydrogen-bond acceptors (Lipinski definition) is 3. The van der Waals surface area contributed by atoms with Gasteiger partial charge in [0.05, 0.1) is 6.04 Å². The lowest BCUT2D eigenvalue weighted by molar-refractivity contribution is 0.556. The van der Waals surface area contributed by atoms with E-state index in [2.05, 4.69) is 5.43 Å². The van der Waals surface area contributed by atoms with E-state index in [4.69, 9.17) is 5.84 Å². The first kappa shape index (κ1) is 15.5. The minimum Gasteiger partial charge on any atom is -0.378 e. The van der Waals surface area contributed by atoms with Crippen molar-refractivity contribution in [3.05, 3.63) is 64.5 Å². The Hall–Kier alpha value is -1.91. The molecule has 4 heteroatoms. The molecule has 2 aromatic carbocycles. The molecule has 0 spiro atoms. The Labute approximate surface area is 125 Å². The van der Waals surface area contributed by atoms with Crippen LogP contribution in [0, 0.1) is 19.7 Å². The van der Waals surface area contributed by atoms with Gasteiger partial charge in [0, 0.05) is 25.3 Å². The summed E-state index contributed by atoms with van der Waals surface area (Å²) >= 11 is 0. The molecule has 3 nitrogen and oxygen atoms in total. The largest absolute Gasteiger partial charge is 0.378 e. The molecule has 0 saturated heterocycles. The van der Waals surface area contributed by atoms with Gasteiger partial charge in [-0.25, -0.2) is 9.82 Å². The van der Waals surface area contributed by atoms with Gasteiger partial charge >= 0.3 is 0 Å². The summed E-state index contributed by atoms with van der Waals surface area (Å²) in [6, 6.07) is 11.1. The van der Waals surface area contributed by atoms with Gasteiger partial charge in [-0.3, -0.25) is 5.84 Å². The quantitative estimate of drug-likeness (QED) is 0.671. The normalized spacial score (nSPS) is 12.3. The highest BCUT2D eigenvalue weighted by atomic mass is 19.1. The standard InChI is InChI=1S/C17H22FN3/c1-11-8-12(2)16(15(18)9-11)17(20-19)13-6-5-7-14(10-13)21(3)4/h5-10,17,20H,19H2,1-4H3. The molecule has 0 aliphatic heterocycles. The number of benzene rings is 2. The minimum absolute atomic E-state index is 0.231. The van der Waals surface area contributed by atoms with Crippen molar-refractivity contribution in [3.8, 4) is 0 Å². The Bertz CT molecular complexity index is 615. The maximum absolute atomic E-state index is 14.4. The van der Waals surface area contributed by atoms with Crippen LogP contribution in [0.15, 0.2) is 36.4 Å². The van der Waals surface area contributed by atoms with E-state index in [-0.39, 0.29) is 11.9 Å². The SMILES string of the molecule is Cc1cc(C)c(C(NN)c2cccc(N(C)C)c2)c(F)c1. The maximum atomic E-state index is 14.4. The lowest BCUT2D eigenvalue weighted by Gasteiger charge is -2.22. The fraction of sp³-hybridized carbons (Fsp3) is 0.294. The Balaban J connectivity index is 2.52. The maximum Gasteiger partial charge on any atom is 0.128 e. The first-order chi connectivity index (χ1) is 9.93. The van der Waals surface area contributed by atoms with Gasteiger partial charge in [0.25, 0.3) is 0 Å². The average molecular weight is 287 g/mol. The molecular weight excluding hydrogens is 265 g/mol. The highest BCUT2D eigenvalue weighted by Gasteiger charge is 2.19. The number of rotatable bonds is 4. The molecule has 0 radical (unpaired) electrons. The van der Waals surface area contributed by atoms with Crippen LogP contribution in [0.25, 0.3) is 0 Å². The van der Waals surface area contributed by atoms with Gasteiger partial charge in [-0.15, -0.1) is 0 Å². The van der Waals surface area contributed by atoms with Crippen LogP contribution in [0.3, 0.4) is 0 Å². The van der Waals surface area contributed by atoms with E-state index in [0.29, 0.717) is 5.56 Å². The minimum atomic E-state index is -0.370. The third-order valence-electron chi connectivity index (χ3n) is 3.66. The topological polar surface area (TPSA) is 41.3 Å². The molecule has 1 unspecified atom stereocenters. The lowest BCUT2D eigenvalue weighted by Crippen LogP contribution is -2.30. The second kappa shape index (κ2) is 6.24. The number of hydrogen-bond donors (Lipinski definition) is 2. The number of hydrazine groups is 1. The number of nitrogens with two attached hydrogens (primary N) is 1. The van der Waals surface area contributed by atoms with Gasteiger partial charge in [-0.2, -0.15) is 0 Å². The van der Waals surface area contributed by atoms with Crippen LogP contribution >= 0.6 is 0 Å². The van der Waals surface area contributed by atoms with Crippen LogP contribution in [0.4, 0.5) is 10.1 Å². The number of aryl methyl sites for hydroxylation is 2. The van der Waals surface area contributed by atoms with Crippen LogP contribution in [0.2, 0.25) is 0 Å². The summed E-state index contributed by atoms with van der Waals surface area (Å²) < 4.78 is 14.4. The Morgan fingerprint density at radius 1 is 1.14 bits per heavy atom. The van der Waals surface area contributed by atoms with E-state index in [1.54, 1.807) is 6.07 Å². The third kappa shape index (κ3) is 3.23. The van der Waals surface area contributed by atoms with Crippen molar-refractivity contribution in [2.24, 2.45) is 5.84 Å². The van der Waals surface area contributed by atoms with Crippen molar-refractivity contribution in [1.29, 1.82) is 0 Å². The van der Waals surface area contributed by atoms with Crippen LogP contribution < -0.4 is 16.2 Å². The van der Waals surface area contributed by atoms with Gasteiger partial charge in [0.15, 0.2) is 0 Å². The molecule has 2 aromatic rings. The van der Waals surface area contributed by atoms with E-state index in [1.807, 2.05) is 63.2 Å². The van der Waals surface area contributed by atoms with Crippen LogP contribution in [-0.2, 0) is 0 Å². The molecule has 0 bridgehead atoms. The molecular formula is C17H22FN3. The lowest BCUT2D eigenvalue weighted by atomic mass is 9.93. The number of nitrogens with zero attached hydrogens (tertiary/aromatic N) is 1.